The van der Waals surface area contributed by atoms with Crippen LogP contribution in [0.15, 0.2) is 73.3 Å². The van der Waals surface area contributed by atoms with E-state index in [-0.39, 0.29) is 0 Å². The number of nitrogens with zero attached hydrogens (tertiary/aromatic N) is 3. The SMILES string of the molecule is COc1cc(OCc2ccccc2)ccc1-c1cn2ccncc2n1. The van der Waals surface area contributed by atoms with E-state index >= 15 is 0 Å². The molecule has 124 valence electrons. The zero-order valence-corrected chi connectivity index (χ0v) is 13.8. The van der Waals surface area contributed by atoms with Gasteiger partial charge in [0.25, 0.3) is 0 Å². The third kappa shape index (κ3) is 3.17. The molecular weight excluding hydrogens is 314 g/mol. The van der Waals surface area contributed by atoms with Crippen LogP contribution in [0, 0.1) is 0 Å². The Labute approximate surface area is 145 Å². The molecule has 0 unspecified atom stereocenters. The fraction of sp³-hybridized carbons (Fsp3) is 0.100. The van der Waals surface area contributed by atoms with Gasteiger partial charge in [0.2, 0.25) is 0 Å². The summed E-state index contributed by atoms with van der Waals surface area (Å²) >= 11 is 0. The first-order chi connectivity index (χ1) is 12.3. The van der Waals surface area contributed by atoms with Crippen molar-refractivity contribution >= 4 is 5.65 Å². The van der Waals surface area contributed by atoms with E-state index in [4.69, 9.17) is 9.47 Å². The Morgan fingerprint density at radius 1 is 1.08 bits per heavy atom. The third-order valence-electron chi connectivity index (χ3n) is 3.96. The van der Waals surface area contributed by atoms with Crippen LogP contribution in [0.25, 0.3) is 16.9 Å². The Balaban J connectivity index is 1.61. The molecule has 5 nitrogen and oxygen atoms in total. The predicted molar refractivity (Wildman–Crippen MR) is 95.7 cm³/mol. The van der Waals surface area contributed by atoms with Crippen LogP contribution in [0.5, 0.6) is 11.5 Å². The molecule has 0 fully saturated rings. The van der Waals surface area contributed by atoms with Crippen molar-refractivity contribution in [2.24, 2.45) is 0 Å². The molecule has 25 heavy (non-hydrogen) atoms. The van der Waals surface area contributed by atoms with Crippen LogP contribution >= 0.6 is 0 Å². The van der Waals surface area contributed by atoms with Crippen molar-refractivity contribution in [3.8, 4) is 22.8 Å². The lowest BCUT2D eigenvalue weighted by Gasteiger charge is -2.11. The topological polar surface area (TPSA) is 48.7 Å². The Kier molecular flexibility index (Phi) is 4.04. The highest BCUT2D eigenvalue weighted by Crippen LogP contribution is 2.33. The summed E-state index contributed by atoms with van der Waals surface area (Å²) in [5, 5.41) is 0. The summed E-state index contributed by atoms with van der Waals surface area (Å²) in [5.74, 6) is 1.48. The lowest BCUT2D eigenvalue weighted by molar-refractivity contribution is 0.304. The van der Waals surface area contributed by atoms with Crippen LogP contribution in [0.4, 0.5) is 0 Å². The van der Waals surface area contributed by atoms with E-state index in [9.17, 15) is 0 Å². The molecule has 2 aromatic carbocycles. The van der Waals surface area contributed by atoms with Crippen molar-refractivity contribution in [2.45, 2.75) is 6.61 Å². The summed E-state index contributed by atoms with van der Waals surface area (Å²) in [6, 6.07) is 15.9. The quantitative estimate of drug-likeness (QED) is 0.555. The lowest BCUT2D eigenvalue weighted by Crippen LogP contribution is -1.96. The van der Waals surface area contributed by atoms with E-state index in [0.29, 0.717) is 6.61 Å². The van der Waals surface area contributed by atoms with Crippen LogP contribution in [-0.4, -0.2) is 21.5 Å². The van der Waals surface area contributed by atoms with Crippen molar-refractivity contribution in [1.82, 2.24) is 14.4 Å². The molecule has 4 rings (SSSR count). The van der Waals surface area contributed by atoms with Crippen molar-refractivity contribution in [1.29, 1.82) is 0 Å². The Hall–Kier alpha value is -3.34. The number of hydrogen-bond acceptors (Lipinski definition) is 4. The van der Waals surface area contributed by atoms with E-state index in [1.54, 1.807) is 19.5 Å². The molecule has 0 N–H and O–H groups in total. The van der Waals surface area contributed by atoms with Crippen LogP contribution in [-0.2, 0) is 6.61 Å². The van der Waals surface area contributed by atoms with Gasteiger partial charge in [-0.2, -0.15) is 0 Å². The van der Waals surface area contributed by atoms with Gasteiger partial charge >= 0.3 is 0 Å². The zero-order chi connectivity index (χ0) is 17.1. The monoisotopic (exact) mass is 331 g/mol. The molecule has 0 saturated carbocycles. The summed E-state index contributed by atoms with van der Waals surface area (Å²) in [6.45, 7) is 0.517. The molecule has 0 bridgehead atoms. The number of fused-ring (bicyclic) bond motifs is 1. The second-order valence-electron chi connectivity index (χ2n) is 5.60. The van der Waals surface area contributed by atoms with Gasteiger partial charge < -0.3 is 13.9 Å². The summed E-state index contributed by atoms with van der Waals surface area (Å²) in [6.07, 6.45) is 7.29. The van der Waals surface area contributed by atoms with Gasteiger partial charge in [-0.05, 0) is 17.7 Å². The van der Waals surface area contributed by atoms with Gasteiger partial charge in [-0.15, -0.1) is 0 Å². The molecule has 0 spiro atoms. The second-order valence-corrected chi connectivity index (χ2v) is 5.60. The smallest absolute Gasteiger partial charge is 0.155 e. The van der Waals surface area contributed by atoms with Crippen molar-refractivity contribution in [3.63, 3.8) is 0 Å². The summed E-state index contributed by atoms with van der Waals surface area (Å²) in [4.78, 5) is 8.69. The first-order valence-electron chi connectivity index (χ1n) is 7.97. The molecule has 4 aromatic rings. The highest BCUT2D eigenvalue weighted by Gasteiger charge is 2.11. The molecule has 2 aromatic heterocycles. The maximum atomic E-state index is 5.87. The van der Waals surface area contributed by atoms with Crippen molar-refractivity contribution < 1.29 is 9.47 Å². The fourth-order valence-corrected chi connectivity index (χ4v) is 2.69. The molecule has 0 radical (unpaired) electrons. The van der Waals surface area contributed by atoms with E-state index in [1.807, 2.05) is 65.3 Å². The number of hydrogen-bond donors (Lipinski definition) is 0. The summed E-state index contributed by atoms with van der Waals surface area (Å²) in [5.41, 5.74) is 3.67. The minimum atomic E-state index is 0.517. The zero-order valence-electron chi connectivity index (χ0n) is 13.8. The number of imidazole rings is 1. The molecule has 2 heterocycles. The summed E-state index contributed by atoms with van der Waals surface area (Å²) in [7, 11) is 1.65. The van der Waals surface area contributed by atoms with Crippen molar-refractivity contribution in [2.75, 3.05) is 7.11 Å². The summed E-state index contributed by atoms with van der Waals surface area (Å²) < 4.78 is 13.3. The second kappa shape index (κ2) is 6.65. The van der Waals surface area contributed by atoms with E-state index in [0.717, 1.165) is 34.0 Å². The first-order valence-corrected chi connectivity index (χ1v) is 7.97. The number of methoxy groups -OCH3 is 1. The fourth-order valence-electron chi connectivity index (χ4n) is 2.69. The van der Waals surface area contributed by atoms with Crippen LogP contribution in [0.3, 0.4) is 0 Å². The van der Waals surface area contributed by atoms with Gasteiger partial charge in [-0.1, -0.05) is 30.3 Å². The molecule has 0 amide bonds. The predicted octanol–water partition coefficient (Wildman–Crippen LogP) is 3.98. The third-order valence-corrected chi connectivity index (χ3v) is 3.96. The van der Waals surface area contributed by atoms with Gasteiger partial charge in [0, 0.05) is 30.2 Å². The van der Waals surface area contributed by atoms with Crippen LogP contribution < -0.4 is 9.47 Å². The average molecular weight is 331 g/mol. The van der Waals surface area contributed by atoms with Crippen molar-refractivity contribution in [3.05, 3.63) is 78.9 Å². The van der Waals surface area contributed by atoms with Gasteiger partial charge in [0.15, 0.2) is 5.65 Å². The highest BCUT2D eigenvalue weighted by atomic mass is 16.5. The average Bonchev–Trinajstić information content (AvgIpc) is 3.11. The largest absolute Gasteiger partial charge is 0.496 e. The number of benzene rings is 2. The van der Waals surface area contributed by atoms with Gasteiger partial charge in [-0.25, -0.2) is 4.98 Å². The normalized spacial score (nSPS) is 10.8. The lowest BCUT2D eigenvalue weighted by atomic mass is 10.1. The molecule has 5 heteroatoms. The Morgan fingerprint density at radius 3 is 2.76 bits per heavy atom. The van der Waals surface area contributed by atoms with Gasteiger partial charge in [0.05, 0.1) is 19.0 Å². The molecule has 0 atom stereocenters. The molecule has 0 aliphatic heterocycles. The molecule has 0 saturated heterocycles. The van der Waals surface area contributed by atoms with Crippen LogP contribution in [0.2, 0.25) is 0 Å². The molecular formula is C20H17N3O2. The van der Waals surface area contributed by atoms with E-state index in [1.165, 1.54) is 0 Å². The Bertz CT molecular complexity index is 963. The van der Waals surface area contributed by atoms with Gasteiger partial charge in [-0.3, -0.25) is 4.98 Å². The standard InChI is InChI=1S/C20H17N3O2/c1-24-19-11-16(25-14-15-5-3-2-4-6-15)7-8-17(19)18-13-23-10-9-21-12-20(23)22-18/h2-13H,14H2,1H3. The van der Waals surface area contributed by atoms with E-state index in [2.05, 4.69) is 9.97 Å². The maximum Gasteiger partial charge on any atom is 0.155 e. The highest BCUT2D eigenvalue weighted by molar-refractivity contribution is 5.70. The number of rotatable bonds is 5. The maximum absolute atomic E-state index is 5.87. The van der Waals surface area contributed by atoms with Crippen LogP contribution in [0.1, 0.15) is 5.56 Å². The number of ether oxygens (including phenoxy) is 2. The van der Waals surface area contributed by atoms with E-state index < -0.39 is 0 Å². The Morgan fingerprint density at radius 2 is 1.96 bits per heavy atom. The minimum Gasteiger partial charge on any atom is -0.496 e. The molecule has 0 aliphatic rings. The number of aromatic nitrogens is 3. The van der Waals surface area contributed by atoms with Gasteiger partial charge in [0.1, 0.15) is 18.1 Å². The first kappa shape index (κ1) is 15.2. The minimum absolute atomic E-state index is 0.517. The molecule has 0 aliphatic carbocycles.